The Labute approximate surface area is 144 Å². The van der Waals surface area contributed by atoms with Gasteiger partial charge >= 0.3 is 0 Å². The molecule has 0 bridgehead atoms. The standard InChI is InChI=1S/C16H36N.C3H6O3/c1-5-8-11-14-17(4,15-12-9-6-2)16-13-10-7-3;1-6-2-3(4)5/h5-16H2,1-4H3;2H2,1H3,(H,4,5)/q+1;/p-1. The molecule has 0 aliphatic rings. The number of carbonyl (C=O) groups is 1. The number of methoxy groups -OCH3 is 1. The summed E-state index contributed by atoms with van der Waals surface area (Å²) in [6.45, 7) is 10.8. The van der Waals surface area contributed by atoms with Crippen molar-refractivity contribution >= 4 is 5.97 Å². The molecule has 0 fully saturated rings. The summed E-state index contributed by atoms with van der Waals surface area (Å²) in [5.74, 6) is -1.18. The maximum atomic E-state index is 9.36. The van der Waals surface area contributed by atoms with E-state index in [2.05, 4.69) is 32.6 Å². The summed E-state index contributed by atoms with van der Waals surface area (Å²) in [4.78, 5) is 9.36. The maximum Gasteiger partial charge on any atom is 0.0857 e. The summed E-state index contributed by atoms with van der Waals surface area (Å²) in [7, 11) is 3.79. The molecule has 0 rings (SSSR count). The van der Waals surface area contributed by atoms with Crippen LogP contribution in [0.4, 0.5) is 0 Å². The van der Waals surface area contributed by atoms with Crippen LogP contribution in [0.3, 0.4) is 0 Å². The van der Waals surface area contributed by atoms with Crippen molar-refractivity contribution < 1.29 is 19.1 Å². The lowest BCUT2D eigenvalue weighted by molar-refractivity contribution is -0.910. The first kappa shape index (κ1) is 24.6. The molecule has 0 spiro atoms. The van der Waals surface area contributed by atoms with Gasteiger partial charge < -0.3 is 19.1 Å². The molecule has 0 aromatic heterocycles. The molecule has 140 valence electrons. The third-order valence-corrected chi connectivity index (χ3v) is 4.17. The Kier molecular flexibility index (Phi) is 19.0. The molecule has 0 aromatic carbocycles. The van der Waals surface area contributed by atoms with Crippen LogP contribution in [0.1, 0.15) is 78.6 Å². The van der Waals surface area contributed by atoms with Crippen molar-refractivity contribution in [2.75, 3.05) is 40.4 Å². The number of hydrogen-bond donors (Lipinski definition) is 0. The first-order chi connectivity index (χ1) is 11.0. The lowest BCUT2D eigenvalue weighted by atomic mass is 10.1. The summed E-state index contributed by atoms with van der Waals surface area (Å²) in [6, 6.07) is 0. The number of carbonyl (C=O) groups excluding carboxylic acids is 1. The Hall–Kier alpha value is -0.610. The predicted octanol–water partition coefficient (Wildman–Crippen LogP) is 3.39. The number of rotatable bonds is 14. The van der Waals surface area contributed by atoms with Crippen LogP contribution < -0.4 is 5.11 Å². The van der Waals surface area contributed by atoms with Gasteiger partial charge in [0.25, 0.3) is 0 Å². The summed E-state index contributed by atoms with van der Waals surface area (Å²) in [5, 5.41) is 9.36. The number of carboxylic acids is 1. The van der Waals surface area contributed by atoms with Gasteiger partial charge in [-0.3, -0.25) is 0 Å². The Balaban J connectivity index is 0. The lowest BCUT2D eigenvalue weighted by Crippen LogP contribution is -2.46. The second kappa shape index (κ2) is 17.7. The molecule has 0 aliphatic heterocycles. The molecule has 4 heteroatoms. The number of carboxylic acid groups (broad SMARTS) is 1. The number of unbranched alkanes of at least 4 members (excludes halogenated alkanes) is 6. The number of quaternary nitrogens is 1. The highest BCUT2D eigenvalue weighted by Crippen LogP contribution is 2.13. The molecular weight excluding hydrogens is 290 g/mol. The van der Waals surface area contributed by atoms with E-state index in [9.17, 15) is 9.90 Å². The first-order valence-electron chi connectivity index (χ1n) is 9.48. The van der Waals surface area contributed by atoms with Crippen LogP contribution in [0.5, 0.6) is 0 Å². The zero-order valence-corrected chi connectivity index (χ0v) is 16.4. The topological polar surface area (TPSA) is 49.4 Å². The SMILES string of the molecule is CCCCC[N+](C)(CCCCC)CCCCC.COCC(=O)[O-]. The van der Waals surface area contributed by atoms with Crippen molar-refractivity contribution in [2.24, 2.45) is 0 Å². The Bertz CT molecular complexity index is 230. The van der Waals surface area contributed by atoms with Gasteiger partial charge in [-0.2, -0.15) is 0 Å². The molecule has 23 heavy (non-hydrogen) atoms. The van der Waals surface area contributed by atoms with Gasteiger partial charge in [-0.25, -0.2) is 0 Å². The van der Waals surface area contributed by atoms with E-state index in [1.807, 2.05) is 0 Å². The smallest absolute Gasteiger partial charge is 0.0857 e. The van der Waals surface area contributed by atoms with Crippen LogP contribution in [-0.2, 0) is 9.53 Å². The van der Waals surface area contributed by atoms with Crippen molar-refractivity contribution in [3.05, 3.63) is 0 Å². The van der Waals surface area contributed by atoms with Gasteiger partial charge in [0.2, 0.25) is 0 Å². The van der Waals surface area contributed by atoms with Gasteiger partial charge in [-0.15, -0.1) is 0 Å². The second-order valence-electron chi connectivity index (χ2n) is 6.72. The fraction of sp³-hybridized carbons (Fsp3) is 0.947. The fourth-order valence-corrected chi connectivity index (χ4v) is 2.68. The zero-order chi connectivity index (χ0) is 18.0. The van der Waals surface area contributed by atoms with Gasteiger partial charge in [0.1, 0.15) is 0 Å². The van der Waals surface area contributed by atoms with Gasteiger partial charge in [0.15, 0.2) is 0 Å². The van der Waals surface area contributed by atoms with Crippen LogP contribution in [-0.4, -0.2) is 50.9 Å². The Morgan fingerprint density at radius 3 is 1.35 bits per heavy atom. The minimum absolute atomic E-state index is 0.319. The van der Waals surface area contributed by atoms with E-state index < -0.39 is 5.97 Å². The second-order valence-corrected chi connectivity index (χ2v) is 6.72. The third kappa shape index (κ3) is 19.3. The predicted molar refractivity (Wildman–Crippen MR) is 96.2 cm³/mol. The van der Waals surface area contributed by atoms with Crippen LogP contribution in [0.2, 0.25) is 0 Å². The maximum absolute atomic E-state index is 9.36. The van der Waals surface area contributed by atoms with Gasteiger partial charge in [-0.05, 0) is 38.5 Å². The van der Waals surface area contributed by atoms with E-state index in [0.717, 1.165) is 0 Å². The summed E-state index contributed by atoms with van der Waals surface area (Å²) < 4.78 is 5.47. The summed E-state index contributed by atoms with van der Waals surface area (Å²) >= 11 is 0. The quantitative estimate of drug-likeness (QED) is 0.362. The van der Waals surface area contributed by atoms with Crippen LogP contribution in [0.25, 0.3) is 0 Å². The van der Waals surface area contributed by atoms with Crippen LogP contribution in [0.15, 0.2) is 0 Å². The fourth-order valence-electron chi connectivity index (χ4n) is 2.68. The van der Waals surface area contributed by atoms with Crippen molar-refractivity contribution in [1.29, 1.82) is 0 Å². The van der Waals surface area contributed by atoms with E-state index in [-0.39, 0.29) is 6.61 Å². The molecule has 0 aliphatic carbocycles. The minimum Gasteiger partial charge on any atom is -0.548 e. The largest absolute Gasteiger partial charge is 0.548 e. The molecule has 0 N–H and O–H groups in total. The van der Waals surface area contributed by atoms with Gasteiger partial charge in [0.05, 0.1) is 39.3 Å². The van der Waals surface area contributed by atoms with Gasteiger partial charge in [0, 0.05) is 7.11 Å². The minimum atomic E-state index is -1.18. The average Bonchev–Trinajstić information content (AvgIpc) is 2.49. The molecule has 0 saturated carbocycles. The zero-order valence-electron chi connectivity index (χ0n) is 16.4. The van der Waals surface area contributed by atoms with Crippen molar-refractivity contribution in [3.8, 4) is 0 Å². The van der Waals surface area contributed by atoms with Crippen molar-refractivity contribution in [2.45, 2.75) is 78.6 Å². The average molecular weight is 332 g/mol. The number of hydrogen-bond acceptors (Lipinski definition) is 3. The molecule has 0 saturated heterocycles. The van der Waals surface area contributed by atoms with Crippen LogP contribution in [0, 0.1) is 0 Å². The van der Waals surface area contributed by atoms with E-state index in [1.165, 1.54) is 89.0 Å². The van der Waals surface area contributed by atoms with Crippen LogP contribution >= 0.6 is 0 Å². The normalized spacial score (nSPS) is 11.0. The van der Waals surface area contributed by atoms with E-state index >= 15 is 0 Å². The number of ether oxygens (including phenoxy) is 1. The summed E-state index contributed by atoms with van der Waals surface area (Å²) in [6.07, 6.45) is 12.6. The van der Waals surface area contributed by atoms with Crippen molar-refractivity contribution in [1.82, 2.24) is 0 Å². The molecule has 4 nitrogen and oxygen atoms in total. The molecule has 0 aromatic rings. The number of nitrogens with zero attached hydrogens (tertiary/aromatic N) is 1. The monoisotopic (exact) mass is 331 g/mol. The molecule has 0 heterocycles. The molecule has 0 amide bonds. The van der Waals surface area contributed by atoms with E-state index in [0.29, 0.717) is 0 Å². The Morgan fingerprint density at radius 2 is 1.17 bits per heavy atom. The highest BCUT2D eigenvalue weighted by molar-refractivity contribution is 5.65. The third-order valence-electron chi connectivity index (χ3n) is 4.17. The van der Waals surface area contributed by atoms with Gasteiger partial charge in [-0.1, -0.05) is 40.0 Å². The molecule has 0 atom stereocenters. The highest BCUT2D eigenvalue weighted by atomic mass is 16.5. The lowest BCUT2D eigenvalue weighted by Gasteiger charge is -2.35. The molecule has 0 unspecified atom stereocenters. The van der Waals surface area contributed by atoms with E-state index in [4.69, 9.17) is 0 Å². The Morgan fingerprint density at radius 1 is 0.826 bits per heavy atom. The van der Waals surface area contributed by atoms with E-state index in [1.54, 1.807) is 0 Å². The molecule has 0 radical (unpaired) electrons. The molecular formula is C19H41NO3. The van der Waals surface area contributed by atoms with Crippen molar-refractivity contribution in [3.63, 3.8) is 0 Å². The number of aliphatic carboxylic acids is 1. The highest BCUT2D eigenvalue weighted by Gasteiger charge is 2.19. The summed E-state index contributed by atoms with van der Waals surface area (Å²) in [5.41, 5.74) is 0. The first-order valence-corrected chi connectivity index (χ1v) is 9.48.